The van der Waals surface area contributed by atoms with Crippen molar-refractivity contribution in [2.45, 2.75) is 65.2 Å². The third-order valence-electron chi connectivity index (χ3n) is 4.45. The minimum atomic E-state index is 0.581. The van der Waals surface area contributed by atoms with E-state index in [1.54, 1.807) is 0 Å². The summed E-state index contributed by atoms with van der Waals surface area (Å²) in [6.45, 7) is 7.33. The van der Waals surface area contributed by atoms with Crippen molar-refractivity contribution in [3.8, 4) is 0 Å². The molecule has 19 heavy (non-hydrogen) atoms. The van der Waals surface area contributed by atoms with Crippen LogP contribution in [0.4, 0.5) is 0 Å². The zero-order chi connectivity index (χ0) is 13.8. The highest BCUT2D eigenvalue weighted by atomic mass is 14.9. The van der Waals surface area contributed by atoms with Crippen LogP contribution in [0.2, 0.25) is 0 Å². The van der Waals surface area contributed by atoms with Crippen LogP contribution in [0.3, 0.4) is 0 Å². The van der Waals surface area contributed by atoms with E-state index in [9.17, 15) is 0 Å². The molecule has 0 unspecified atom stereocenters. The Morgan fingerprint density at radius 1 is 1.05 bits per heavy atom. The van der Waals surface area contributed by atoms with E-state index in [0.29, 0.717) is 5.92 Å². The Hall–Kier alpha value is -0.960. The number of hydrogen-bond donors (Lipinski definition) is 1. The van der Waals surface area contributed by atoms with Gasteiger partial charge in [-0.05, 0) is 57.6 Å². The highest BCUT2D eigenvalue weighted by molar-refractivity contribution is 5.25. The molecule has 0 spiro atoms. The van der Waals surface area contributed by atoms with Crippen LogP contribution in [0.25, 0.3) is 0 Å². The molecular weight excluding hydrogens is 234 g/mol. The quantitative estimate of drug-likeness (QED) is 0.905. The van der Waals surface area contributed by atoms with Gasteiger partial charge in [0.15, 0.2) is 0 Å². The topological polar surface area (TPSA) is 51.8 Å². The van der Waals surface area contributed by atoms with Crippen molar-refractivity contribution in [2.24, 2.45) is 11.7 Å². The van der Waals surface area contributed by atoms with E-state index >= 15 is 0 Å². The van der Waals surface area contributed by atoms with Crippen LogP contribution >= 0.6 is 0 Å². The van der Waals surface area contributed by atoms with Gasteiger partial charge in [-0.25, -0.2) is 9.97 Å². The van der Waals surface area contributed by atoms with E-state index in [4.69, 9.17) is 15.7 Å². The Labute approximate surface area is 117 Å². The molecule has 1 aliphatic carbocycles. The van der Waals surface area contributed by atoms with Gasteiger partial charge in [-0.1, -0.05) is 19.8 Å². The molecule has 1 aliphatic rings. The number of nitrogens with two attached hydrogens (primary N) is 1. The van der Waals surface area contributed by atoms with Crippen molar-refractivity contribution < 1.29 is 0 Å². The third-order valence-corrected chi connectivity index (χ3v) is 4.45. The number of rotatable bonds is 4. The van der Waals surface area contributed by atoms with Crippen molar-refractivity contribution >= 4 is 0 Å². The minimum absolute atomic E-state index is 0.581. The first kappa shape index (κ1) is 14.4. The molecule has 1 aromatic heterocycles. The van der Waals surface area contributed by atoms with E-state index in [2.05, 4.69) is 20.8 Å². The van der Waals surface area contributed by atoms with Crippen molar-refractivity contribution in [3.63, 3.8) is 0 Å². The number of aromatic nitrogens is 2. The number of aryl methyl sites for hydroxylation is 2. The maximum absolute atomic E-state index is 5.60. The van der Waals surface area contributed by atoms with Gasteiger partial charge in [0.05, 0.1) is 0 Å². The molecule has 2 rings (SSSR count). The highest BCUT2D eigenvalue weighted by Gasteiger charge is 2.22. The van der Waals surface area contributed by atoms with E-state index in [1.165, 1.54) is 31.2 Å². The fourth-order valence-electron chi connectivity index (χ4n) is 3.11. The van der Waals surface area contributed by atoms with Crippen LogP contribution in [0, 0.1) is 19.8 Å². The molecule has 0 aromatic carbocycles. The monoisotopic (exact) mass is 261 g/mol. The highest BCUT2D eigenvalue weighted by Crippen LogP contribution is 2.34. The molecule has 0 radical (unpaired) electrons. The predicted molar refractivity (Wildman–Crippen MR) is 79.3 cm³/mol. The molecule has 0 atom stereocenters. The summed E-state index contributed by atoms with van der Waals surface area (Å²) in [4.78, 5) is 9.57. The molecule has 1 saturated carbocycles. The van der Waals surface area contributed by atoms with Gasteiger partial charge in [0, 0.05) is 17.3 Å². The van der Waals surface area contributed by atoms with Gasteiger partial charge >= 0.3 is 0 Å². The molecule has 1 aromatic rings. The first-order valence-corrected chi connectivity index (χ1v) is 7.66. The van der Waals surface area contributed by atoms with Crippen molar-refractivity contribution in [2.75, 3.05) is 6.54 Å². The zero-order valence-corrected chi connectivity index (χ0v) is 12.6. The second kappa shape index (κ2) is 6.47. The molecule has 0 amide bonds. The average molecular weight is 261 g/mol. The summed E-state index contributed by atoms with van der Waals surface area (Å²) in [5, 5.41) is 0. The van der Waals surface area contributed by atoms with Crippen LogP contribution in [0.15, 0.2) is 0 Å². The Morgan fingerprint density at radius 2 is 1.63 bits per heavy atom. The van der Waals surface area contributed by atoms with Gasteiger partial charge in [0.2, 0.25) is 0 Å². The molecule has 3 nitrogen and oxygen atoms in total. The molecule has 1 heterocycles. The van der Waals surface area contributed by atoms with Crippen molar-refractivity contribution in [1.29, 1.82) is 0 Å². The molecule has 2 N–H and O–H groups in total. The first-order chi connectivity index (χ1) is 9.11. The summed E-state index contributed by atoms with van der Waals surface area (Å²) >= 11 is 0. The second-order valence-corrected chi connectivity index (χ2v) is 6.08. The lowest BCUT2D eigenvalue weighted by Gasteiger charge is -2.25. The van der Waals surface area contributed by atoms with Gasteiger partial charge in [0.25, 0.3) is 0 Å². The van der Waals surface area contributed by atoms with E-state index in [-0.39, 0.29) is 0 Å². The average Bonchev–Trinajstić information content (AvgIpc) is 2.38. The summed E-state index contributed by atoms with van der Waals surface area (Å²) in [5.41, 5.74) is 9.22. The van der Waals surface area contributed by atoms with Crippen molar-refractivity contribution in [3.05, 3.63) is 22.8 Å². The van der Waals surface area contributed by atoms with Crippen LogP contribution in [0.5, 0.6) is 0 Å². The normalized spacial score (nSPS) is 23.6. The largest absolute Gasteiger partial charge is 0.330 e. The van der Waals surface area contributed by atoms with Gasteiger partial charge in [-0.15, -0.1) is 0 Å². The van der Waals surface area contributed by atoms with Crippen LogP contribution in [0.1, 0.15) is 67.7 Å². The number of hydrogen-bond acceptors (Lipinski definition) is 3. The molecule has 0 aliphatic heterocycles. The maximum Gasteiger partial charge on any atom is 0.131 e. The SMILES string of the molecule is Cc1nc(C2CCC(C)CC2)nc(C)c1CCCN. The Kier molecular flexibility index (Phi) is 4.92. The van der Waals surface area contributed by atoms with Crippen molar-refractivity contribution in [1.82, 2.24) is 9.97 Å². The fourth-order valence-corrected chi connectivity index (χ4v) is 3.11. The smallest absolute Gasteiger partial charge is 0.131 e. The zero-order valence-electron chi connectivity index (χ0n) is 12.6. The van der Waals surface area contributed by atoms with Crippen LogP contribution < -0.4 is 5.73 Å². The molecular formula is C16H27N3. The standard InChI is InChI=1S/C16H27N3/c1-11-6-8-14(9-7-11)16-18-12(2)15(5-4-10-17)13(3)19-16/h11,14H,4-10,17H2,1-3H3. The molecule has 106 valence electrons. The predicted octanol–water partition coefficient (Wildman–Crippen LogP) is 3.28. The molecule has 0 bridgehead atoms. The Balaban J connectivity index is 2.15. The second-order valence-electron chi connectivity index (χ2n) is 6.08. The molecule has 1 fully saturated rings. The first-order valence-electron chi connectivity index (χ1n) is 7.66. The summed E-state index contributed by atoms with van der Waals surface area (Å²) in [5.74, 6) is 2.54. The summed E-state index contributed by atoms with van der Waals surface area (Å²) < 4.78 is 0. The lowest BCUT2D eigenvalue weighted by Crippen LogP contribution is -2.16. The molecule has 0 saturated heterocycles. The maximum atomic E-state index is 5.60. The van der Waals surface area contributed by atoms with E-state index in [0.717, 1.165) is 42.5 Å². The summed E-state index contributed by atoms with van der Waals surface area (Å²) in [6.07, 6.45) is 7.17. The summed E-state index contributed by atoms with van der Waals surface area (Å²) in [7, 11) is 0. The van der Waals surface area contributed by atoms with Gasteiger partial charge in [-0.3, -0.25) is 0 Å². The van der Waals surface area contributed by atoms with Crippen LogP contribution in [-0.4, -0.2) is 16.5 Å². The van der Waals surface area contributed by atoms with E-state index < -0.39 is 0 Å². The minimum Gasteiger partial charge on any atom is -0.330 e. The Bertz CT molecular complexity index is 397. The van der Waals surface area contributed by atoms with Gasteiger partial charge < -0.3 is 5.73 Å². The fraction of sp³-hybridized carbons (Fsp3) is 0.750. The lowest BCUT2D eigenvalue weighted by atomic mass is 9.82. The lowest BCUT2D eigenvalue weighted by molar-refractivity contribution is 0.339. The Morgan fingerprint density at radius 3 is 2.16 bits per heavy atom. The third kappa shape index (κ3) is 3.53. The van der Waals surface area contributed by atoms with Crippen LogP contribution in [-0.2, 0) is 6.42 Å². The molecule has 3 heteroatoms. The summed E-state index contributed by atoms with van der Waals surface area (Å²) in [6, 6.07) is 0. The van der Waals surface area contributed by atoms with Gasteiger partial charge in [-0.2, -0.15) is 0 Å². The van der Waals surface area contributed by atoms with E-state index in [1.807, 2.05) is 0 Å². The van der Waals surface area contributed by atoms with Gasteiger partial charge in [0.1, 0.15) is 5.82 Å². The number of nitrogens with zero attached hydrogens (tertiary/aromatic N) is 2.